The highest BCUT2D eigenvalue weighted by Crippen LogP contribution is 2.50. The van der Waals surface area contributed by atoms with E-state index >= 15 is 0 Å². The number of sulfonamides is 1. The first-order chi connectivity index (χ1) is 20.0. The number of hydrogen-bond acceptors (Lipinski definition) is 6. The third-order valence-electron chi connectivity index (χ3n) is 9.08. The zero-order chi connectivity index (χ0) is 30.5. The number of carbonyl (C=O) groups excluding carboxylic acids is 1. The number of carbonyl (C=O) groups is 1. The van der Waals surface area contributed by atoms with Crippen LogP contribution in [0.15, 0.2) is 61.7 Å². The lowest BCUT2D eigenvalue weighted by molar-refractivity contribution is -0.0464. The third-order valence-corrected chi connectivity index (χ3v) is 11.1. The van der Waals surface area contributed by atoms with Gasteiger partial charge in [-0.2, -0.15) is 0 Å². The van der Waals surface area contributed by atoms with Gasteiger partial charge in [-0.25, -0.2) is 13.1 Å². The second kappa shape index (κ2) is 13.7. The molecule has 2 aliphatic rings. The molecule has 2 N–H and O–H groups in total. The van der Waals surface area contributed by atoms with E-state index in [9.17, 15) is 18.3 Å². The maximum Gasteiger partial charge on any atom is 0.264 e. The van der Waals surface area contributed by atoms with Crippen molar-refractivity contribution in [2.24, 2.45) is 11.3 Å². The minimum atomic E-state index is -3.86. The number of hydrogen-bond donors (Lipinski definition) is 2. The Balaban J connectivity index is 1.67. The van der Waals surface area contributed by atoms with E-state index in [0.717, 1.165) is 48.9 Å². The summed E-state index contributed by atoms with van der Waals surface area (Å²) in [6.45, 7) is 12.9. The van der Waals surface area contributed by atoms with Crippen molar-refractivity contribution in [3.05, 3.63) is 83.4 Å². The van der Waals surface area contributed by atoms with Crippen LogP contribution in [0.3, 0.4) is 0 Å². The van der Waals surface area contributed by atoms with E-state index in [0.29, 0.717) is 43.3 Å². The number of ether oxygens (including phenoxy) is 1. The number of amides is 1. The number of halogens is 1. The van der Waals surface area contributed by atoms with E-state index in [4.69, 9.17) is 16.3 Å². The molecule has 7 nitrogen and oxygen atoms in total. The van der Waals surface area contributed by atoms with Crippen LogP contribution in [-0.4, -0.2) is 43.9 Å². The van der Waals surface area contributed by atoms with Gasteiger partial charge in [-0.1, -0.05) is 36.7 Å². The van der Waals surface area contributed by atoms with Gasteiger partial charge >= 0.3 is 0 Å². The molecule has 1 amide bonds. The lowest BCUT2D eigenvalue weighted by Gasteiger charge is -2.51. The Hall–Kier alpha value is -2.81. The van der Waals surface area contributed by atoms with E-state index in [-0.39, 0.29) is 16.9 Å². The predicted octanol–water partition coefficient (Wildman–Crippen LogP) is 6.44. The molecule has 4 atom stereocenters. The molecule has 1 aliphatic heterocycles. The van der Waals surface area contributed by atoms with Crippen LogP contribution in [0.25, 0.3) is 0 Å². The Morgan fingerprint density at radius 2 is 2.02 bits per heavy atom. The first-order valence-corrected chi connectivity index (χ1v) is 16.7. The van der Waals surface area contributed by atoms with Crippen LogP contribution in [0.2, 0.25) is 5.02 Å². The molecule has 1 fully saturated rings. The molecule has 0 radical (unpaired) electrons. The monoisotopic (exact) mass is 614 g/mol. The molecular weight excluding hydrogens is 572 g/mol. The smallest absolute Gasteiger partial charge is 0.264 e. The summed E-state index contributed by atoms with van der Waals surface area (Å²) in [5.41, 5.74) is 2.91. The summed E-state index contributed by atoms with van der Waals surface area (Å²) >= 11 is 6.30. The van der Waals surface area contributed by atoms with Crippen molar-refractivity contribution >= 4 is 33.2 Å². The van der Waals surface area contributed by atoms with Gasteiger partial charge in [0.05, 0.1) is 17.0 Å². The number of fused-ring (bicyclic) bond motifs is 2. The number of nitrogens with zero attached hydrogens (tertiary/aromatic N) is 1. The lowest BCUT2D eigenvalue weighted by atomic mass is 9.58. The molecule has 1 heterocycles. The van der Waals surface area contributed by atoms with Gasteiger partial charge in [0.15, 0.2) is 0 Å². The average molecular weight is 615 g/mol. The van der Waals surface area contributed by atoms with Crippen LogP contribution >= 0.6 is 11.6 Å². The molecule has 2 aromatic carbocycles. The maximum atomic E-state index is 13.3. The van der Waals surface area contributed by atoms with Gasteiger partial charge in [0.1, 0.15) is 12.4 Å². The fourth-order valence-electron chi connectivity index (χ4n) is 5.90. The van der Waals surface area contributed by atoms with Gasteiger partial charge in [0, 0.05) is 29.1 Å². The Bertz CT molecular complexity index is 1410. The number of nitrogens with one attached hydrogen (secondary N) is 1. The fourth-order valence-corrected chi connectivity index (χ4v) is 7.12. The van der Waals surface area contributed by atoms with E-state index in [1.165, 1.54) is 0 Å². The highest BCUT2D eigenvalue weighted by molar-refractivity contribution is 7.90. The number of rotatable bonds is 10. The highest BCUT2D eigenvalue weighted by Gasteiger charge is 2.47. The van der Waals surface area contributed by atoms with Gasteiger partial charge in [-0.3, -0.25) is 4.79 Å². The van der Waals surface area contributed by atoms with Crippen molar-refractivity contribution in [3.63, 3.8) is 0 Å². The molecule has 1 saturated carbocycles. The number of anilines is 1. The molecule has 0 spiro atoms. The van der Waals surface area contributed by atoms with Gasteiger partial charge in [-0.05, 0) is 99.2 Å². The summed E-state index contributed by atoms with van der Waals surface area (Å²) in [7, 11) is -3.86. The topological polar surface area (TPSA) is 95.9 Å². The van der Waals surface area contributed by atoms with Crippen LogP contribution in [0.1, 0.15) is 73.9 Å². The molecule has 0 unspecified atom stereocenters. The van der Waals surface area contributed by atoms with E-state index in [1.54, 1.807) is 37.3 Å². The number of aliphatic hydroxyl groups excluding tert-OH is 1. The molecule has 228 valence electrons. The van der Waals surface area contributed by atoms with Gasteiger partial charge in [0.2, 0.25) is 10.0 Å². The minimum Gasteiger partial charge on any atom is -0.487 e. The largest absolute Gasteiger partial charge is 0.487 e. The summed E-state index contributed by atoms with van der Waals surface area (Å²) in [5, 5.41) is 10.7. The summed E-state index contributed by atoms with van der Waals surface area (Å²) in [4.78, 5) is 15.5. The summed E-state index contributed by atoms with van der Waals surface area (Å²) in [6, 6.07) is 10.9. The van der Waals surface area contributed by atoms with Crippen molar-refractivity contribution < 1.29 is 23.1 Å². The molecule has 1 aliphatic carbocycles. The van der Waals surface area contributed by atoms with Crippen molar-refractivity contribution in [2.45, 2.75) is 76.8 Å². The third kappa shape index (κ3) is 7.21. The number of benzene rings is 2. The van der Waals surface area contributed by atoms with Crippen LogP contribution in [0.4, 0.5) is 5.69 Å². The van der Waals surface area contributed by atoms with Crippen molar-refractivity contribution in [1.29, 1.82) is 0 Å². The van der Waals surface area contributed by atoms with E-state index in [2.05, 4.69) is 29.7 Å². The van der Waals surface area contributed by atoms with Crippen molar-refractivity contribution in [1.82, 2.24) is 4.72 Å². The Morgan fingerprint density at radius 1 is 1.24 bits per heavy atom. The molecular formula is C33H43ClN2O5S. The molecule has 0 aromatic heterocycles. The zero-order valence-electron chi connectivity index (χ0n) is 24.6. The number of allylic oxidation sites excluding steroid dienone is 1. The summed E-state index contributed by atoms with van der Waals surface area (Å²) in [6.07, 6.45) is 8.16. The second-order valence-electron chi connectivity index (χ2n) is 11.9. The standard InChI is InChI=1S/C33H43ClN2O5S/c1-5-7-10-23(3)42(39,40)35-32(38)25-13-15-30-29(20-25)36(21-27-16-17-33(27,4)31(37)6-2)18-9-8-11-24-19-28(34)14-12-26(24)22-41-30/h5-6,12-15,19-20,23,27,31,37H,1-2,7-11,16-18,21-22H2,3-4H3,(H,35,38)/t23-,27-,31-,33+/m1/s1. The average Bonchev–Trinajstić information content (AvgIpc) is 2.99. The summed E-state index contributed by atoms with van der Waals surface area (Å²) in [5.74, 6) is 0.151. The van der Waals surface area contributed by atoms with Crippen LogP contribution in [0.5, 0.6) is 5.75 Å². The lowest BCUT2D eigenvalue weighted by Crippen LogP contribution is -2.51. The quantitative estimate of drug-likeness (QED) is 0.299. The number of aliphatic hydroxyl groups is 1. The first kappa shape index (κ1) is 32.1. The van der Waals surface area contributed by atoms with Crippen LogP contribution in [-0.2, 0) is 23.1 Å². The highest BCUT2D eigenvalue weighted by atomic mass is 35.5. The Morgan fingerprint density at radius 3 is 2.71 bits per heavy atom. The predicted molar refractivity (Wildman–Crippen MR) is 170 cm³/mol. The van der Waals surface area contributed by atoms with Crippen LogP contribution in [0, 0.1) is 11.3 Å². The fraction of sp³-hybridized carbons (Fsp3) is 0.485. The molecule has 42 heavy (non-hydrogen) atoms. The van der Waals surface area contributed by atoms with Crippen LogP contribution < -0.4 is 14.4 Å². The van der Waals surface area contributed by atoms with Gasteiger partial charge in [-0.15, -0.1) is 13.2 Å². The minimum absolute atomic E-state index is 0.211. The Kier molecular flexibility index (Phi) is 10.4. The molecule has 4 rings (SSSR count). The second-order valence-corrected chi connectivity index (χ2v) is 14.4. The normalized spacial score (nSPS) is 22.2. The van der Waals surface area contributed by atoms with Gasteiger partial charge in [0.25, 0.3) is 5.91 Å². The number of aryl methyl sites for hydroxylation is 1. The van der Waals surface area contributed by atoms with Crippen molar-refractivity contribution in [2.75, 3.05) is 18.0 Å². The van der Waals surface area contributed by atoms with E-state index in [1.807, 2.05) is 18.2 Å². The summed E-state index contributed by atoms with van der Waals surface area (Å²) < 4.78 is 34.3. The van der Waals surface area contributed by atoms with E-state index < -0.39 is 27.3 Å². The van der Waals surface area contributed by atoms with Gasteiger partial charge < -0.3 is 14.7 Å². The van der Waals surface area contributed by atoms with Crippen molar-refractivity contribution in [3.8, 4) is 5.75 Å². The first-order valence-electron chi connectivity index (χ1n) is 14.7. The SMILES string of the molecule is C=CCC[C@@H](C)S(=O)(=O)NC(=O)c1ccc2c(c1)N(C[C@H]1CC[C@]1(C)[C@H](O)C=C)CCCCc1cc(Cl)ccc1CO2. The molecule has 2 aromatic rings. The maximum absolute atomic E-state index is 13.3. The molecule has 0 saturated heterocycles. The molecule has 0 bridgehead atoms. The molecule has 9 heteroatoms. The zero-order valence-corrected chi connectivity index (χ0v) is 26.2. The Labute approximate surface area is 255 Å².